The Morgan fingerprint density at radius 1 is 0.758 bits per heavy atom. The molecule has 1 saturated heterocycles. The van der Waals surface area contributed by atoms with E-state index < -0.39 is 46.8 Å². The zero-order chi connectivity index (χ0) is 24.1. The molecular formula is C24H32O9. The number of carbonyl (C=O) groups is 2. The van der Waals surface area contributed by atoms with Gasteiger partial charge >= 0.3 is 0 Å². The van der Waals surface area contributed by atoms with Crippen LogP contribution in [0, 0.1) is 11.8 Å². The van der Waals surface area contributed by atoms with E-state index in [1.165, 1.54) is 14.2 Å². The fourth-order valence-electron chi connectivity index (χ4n) is 7.56. The maximum Gasteiger partial charge on any atom is 0.198 e. The van der Waals surface area contributed by atoms with Crippen molar-refractivity contribution in [3.05, 3.63) is 22.3 Å². The van der Waals surface area contributed by atoms with Crippen LogP contribution in [0.2, 0.25) is 0 Å². The summed E-state index contributed by atoms with van der Waals surface area (Å²) in [4.78, 5) is 25.6. The lowest BCUT2D eigenvalue weighted by molar-refractivity contribution is -0.292. The third-order valence-electron chi connectivity index (χ3n) is 8.92. The number of ketones is 2. The molecule has 0 aromatic heterocycles. The Hall–Kier alpha value is -1.46. The minimum atomic E-state index is -2.23. The smallest absolute Gasteiger partial charge is 0.198 e. The van der Waals surface area contributed by atoms with Crippen molar-refractivity contribution in [2.24, 2.45) is 11.8 Å². The second-order valence-electron chi connectivity index (χ2n) is 10.0. The maximum atomic E-state index is 12.8. The van der Waals surface area contributed by atoms with E-state index >= 15 is 0 Å². The van der Waals surface area contributed by atoms with Crippen LogP contribution >= 0.6 is 0 Å². The van der Waals surface area contributed by atoms with Crippen LogP contribution in [0.4, 0.5) is 0 Å². The molecule has 9 nitrogen and oxygen atoms in total. The van der Waals surface area contributed by atoms with Crippen LogP contribution in [0.3, 0.4) is 0 Å². The van der Waals surface area contributed by atoms with Crippen molar-refractivity contribution < 1.29 is 44.2 Å². The Kier molecular flexibility index (Phi) is 4.97. The first-order valence-corrected chi connectivity index (χ1v) is 11.7. The summed E-state index contributed by atoms with van der Waals surface area (Å²) in [5.74, 6) is -7.45. The van der Waals surface area contributed by atoms with Crippen molar-refractivity contribution in [2.45, 2.75) is 87.4 Å². The van der Waals surface area contributed by atoms with Crippen LogP contribution < -0.4 is 0 Å². The Morgan fingerprint density at radius 2 is 1.12 bits per heavy atom. The van der Waals surface area contributed by atoms with Gasteiger partial charge in [0.1, 0.15) is 23.4 Å². The summed E-state index contributed by atoms with van der Waals surface area (Å²) >= 11 is 0. The molecule has 4 aliphatic carbocycles. The summed E-state index contributed by atoms with van der Waals surface area (Å²) < 4.78 is 17.4. The van der Waals surface area contributed by atoms with Crippen LogP contribution in [0.1, 0.15) is 52.4 Å². The second-order valence-corrected chi connectivity index (χ2v) is 10.0. The highest BCUT2D eigenvalue weighted by Gasteiger charge is 2.80. The largest absolute Gasteiger partial charge is 0.386 e. The summed E-state index contributed by atoms with van der Waals surface area (Å²) in [6.45, 7) is 3.39. The average Bonchev–Trinajstić information content (AvgIpc) is 3.43. The first-order chi connectivity index (χ1) is 15.5. The molecule has 4 N–H and O–H groups in total. The predicted octanol–water partition coefficient (Wildman–Crippen LogP) is 0.285. The number of aliphatic hydroxyl groups is 4. The molecular weight excluding hydrogens is 432 g/mol. The number of Topliss-reactive ketones (excluding diaryl/α,β-unsaturated/α-hetero) is 2. The van der Waals surface area contributed by atoms with Gasteiger partial charge in [-0.3, -0.25) is 9.59 Å². The van der Waals surface area contributed by atoms with Gasteiger partial charge in [0, 0.05) is 38.2 Å². The summed E-state index contributed by atoms with van der Waals surface area (Å²) in [6, 6.07) is 0. The van der Waals surface area contributed by atoms with E-state index in [2.05, 4.69) is 0 Å². The van der Waals surface area contributed by atoms with Gasteiger partial charge in [0.05, 0.1) is 11.8 Å². The van der Waals surface area contributed by atoms with Gasteiger partial charge < -0.3 is 34.6 Å². The van der Waals surface area contributed by atoms with E-state index in [-0.39, 0.29) is 72.4 Å². The summed E-state index contributed by atoms with van der Waals surface area (Å²) in [5, 5.41) is 48.3. The third-order valence-corrected chi connectivity index (χ3v) is 8.92. The molecule has 0 unspecified atom stereocenters. The summed E-state index contributed by atoms with van der Waals surface area (Å²) in [7, 11) is 2.77. The minimum Gasteiger partial charge on any atom is -0.386 e. The molecule has 1 fully saturated rings. The molecule has 8 atom stereocenters. The highest BCUT2D eigenvalue weighted by molar-refractivity contribution is 6.01. The molecule has 0 bridgehead atoms. The van der Waals surface area contributed by atoms with Gasteiger partial charge in [0.25, 0.3) is 0 Å². The molecule has 0 amide bonds. The minimum absolute atomic E-state index is 0.0563. The number of carbonyl (C=O) groups excluding carboxylic acids is 2. The number of ether oxygens (including phenoxy) is 3. The van der Waals surface area contributed by atoms with Crippen molar-refractivity contribution >= 4 is 11.6 Å². The lowest BCUT2D eigenvalue weighted by atomic mass is 9.54. The Morgan fingerprint density at radius 3 is 1.42 bits per heavy atom. The number of hydrogen-bond donors (Lipinski definition) is 4. The molecule has 5 aliphatic rings. The van der Waals surface area contributed by atoms with Crippen molar-refractivity contribution in [1.82, 2.24) is 0 Å². The SMILES string of the molecule is CC[C@]1(O)[C@@H](OC)C2=C(CCC2=O)[C@@]2(O)O[C@]3(O)C4=C(C(=O)CC4)[C@H](OC)[C@@](O)(CC)[C@@H]3[C@@H]12. The Labute approximate surface area is 192 Å². The molecule has 1 aliphatic heterocycles. The molecule has 0 radical (unpaired) electrons. The summed E-state index contributed by atoms with van der Waals surface area (Å²) in [6.07, 6.45) is -1.40. The molecule has 0 aromatic carbocycles. The van der Waals surface area contributed by atoms with E-state index in [0.29, 0.717) is 0 Å². The normalized spacial score (nSPS) is 48.8. The van der Waals surface area contributed by atoms with E-state index in [1.54, 1.807) is 13.8 Å². The van der Waals surface area contributed by atoms with Crippen LogP contribution in [-0.2, 0) is 23.8 Å². The fraction of sp³-hybridized carbons (Fsp3) is 0.750. The molecule has 0 aromatic rings. The van der Waals surface area contributed by atoms with Crippen LogP contribution in [-0.4, -0.2) is 81.2 Å². The van der Waals surface area contributed by atoms with Crippen LogP contribution in [0.15, 0.2) is 22.3 Å². The van der Waals surface area contributed by atoms with Gasteiger partial charge in [-0.2, -0.15) is 0 Å². The lowest BCUT2D eigenvalue weighted by Crippen LogP contribution is -2.69. The van der Waals surface area contributed by atoms with E-state index in [1.807, 2.05) is 0 Å². The molecule has 33 heavy (non-hydrogen) atoms. The molecule has 0 saturated carbocycles. The third kappa shape index (κ3) is 2.46. The number of methoxy groups -OCH3 is 2. The number of fused-ring (bicyclic) bond motifs is 5. The molecule has 9 heteroatoms. The van der Waals surface area contributed by atoms with Gasteiger partial charge in [-0.15, -0.1) is 0 Å². The highest BCUT2D eigenvalue weighted by atomic mass is 16.7. The van der Waals surface area contributed by atoms with Crippen molar-refractivity contribution in [1.29, 1.82) is 0 Å². The van der Waals surface area contributed by atoms with E-state index in [9.17, 15) is 30.0 Å². The monoisotopic (exact) mass is 464 g/mol. The molecule has 5 rings (SSSR count). The van der Waals surface area contributed by atoms with Gasteiger partial charge in [-0.1, -0.05) is 13.8 Å². The Balaban J connectivity index is 1.84. The zero-order valence-corrected chi connectivity index (χ0v) is 19.4. The molecule has 1 heterocycles. The van der Waals surface area contributed by atoms with Crippen LogP contribution in [0.25, 0.3) is 0 Å². The van der Waals surface area contributed by atoms with Crippen LogP contribution in [0.5, 0.6) is 0 Å². The topological polar surface area (TPSA) is 143 Å². The zero-order valence-electron chi connectivity index (χ0n) is 19.4. The first kappa shape index (κ1) is 23.3. The van der Waals surface area contributed by atoms with Crippen molar-refractivity contribution in [3.8, 4) is 0 Å². The highest BCUT2D eigenvalue weighted by Crippen LogP contribution is 2.68. The first-order valence-electron chi connectivity index (χ1n) is 11.7. The quantitative estimate of drug-likeness (QED) is 0.461. The van der Waals surface area contributed by atoms with E-state index in [0.717, 1.165) is 0 Å². The maximum absolute atomic E-state index is 12.8. The average molecular weight is 465 g/mol. The fourth-order valence-corrected chi connectivity index (χ4v) is 7.56. The predicted molar refractivity (Wildman–Crippen MR) is 113 cm³/mol. The number of rotatable bonds is 4. The van der Waals surface area contributed by atoms with Gasteiger partial charge in [-0.05, 0) is 36.8 Å². The van der Waals surface area contributed by atoms with Gasteiger partial charge in [0.2, 0.25) is 0 Å². The Bertz CT molecular complexity index is 922. The van der Waals surface area contributed by atoms with Gasteiger partial charge in [-0.25, -0.2) is 0 Å². The lowest BCUT2D eigenvalue weighted by Gasteiger charge is -2.55. The standard InChI is InChI=1S/C24H32O9/c1-5-21(27)17-18-22(28,6-2)20(32-4)16-12(8-10-14(16)26)24(18,30)33-23(17,29)11-7-9-13(25)15(11)19(21)31-3/h17-20,27-30H,5-10H2,1-4H3/t17-,18-,19-,20-,21+,22+,23+,24+/m0/s1. The molecule has 182 valence electrons. The molecule has 0 spiro atoms. The number of hydrogen-bond acceptors (Lipinski definition) is 9. The second kappa shape index (κ2) is 7.04. The van der Waals surface area contributed by atoms with Gasteiger partial charge in [0.15, 0.2) is 23.1 Å². The van der Waals surface area contributed by atoms with E-state index in [4.69, 9.17) is 14.2 Å². The summed E-state index contributed by atoms with van der Waals surface area (Å²) in [5.41, 5.74) is -2.82. The van der Waals surface area contributed by atoms with Crippen molar-refractivity contribution in [3.63, 3.8) is 0 Å². The van der Waals surface area contributed by atoms with Crippen molar-refractivity contribution in [2.75, 3.05) is 14.2 Å².